The van der Waals surface area contributed by atoms with Crippen LogP contribution in [0.15, 0.2) is 72.8 Å². The summed E-state index contributed by atoms with van der Waals surface area (Å²) in [7, 11) is 0. The molecule has 0 radical (unpaired) electrons. The molecule has 3 aromatic rings. The second-order valence-corrected chi connectivity index (χ2v) is 10.1. The number of carbonyl (C=O) groups is 3. The molecule has 1 saturated heterocycles. The van der Waals surface area contributed by atoms with Crippen molar-refractivity contribution < 1.29 is 27.6 Å². The van der Waals surface area contributed by atoms with E-state index in [0.717, 1.165) is 12.1 Å². The molecule has 8 heteroatoms. The third-order valence-corrected chi connectivity index (χ3v) is 8.01. The van der Waals surface area contributed by atoms with E-state index in [1.165, 1.54) is 19.1 Å². The Balaban J connectivity index is 1.64. The van der Waals surface area contributed by atoms with Crippen LogP contribution in [0.3, 0.4) is 0 Å². The maximum absolute atomic E-state index is 14.2. The van der Waals surface area contributed by atoms with Crippen molar-refractivity contribution in [2.45, 2.75) is 31.1 Å². The Morgan fingerprint density at radius 3 is 2.14 bits per heavy atom. The largest absolute Gasteiger partial charge is 0.416 e. The fourth-order valence-electron chi connectivity index (χ4n) is 6.35. The first kappa shape index (κ1) is 23.7. The maximum Gasteiger partial charge on any atom is 0.416 e. The van der Waals surface area contributed by atoms with Crippen LogP contribution in [0.2, 0.25) is 5.02 Å². The molecule has 0 amide bonds. The average molecular weight is 522 g/mol. The van der Waals surface area contributed by atoms with E-state index in [-0.39, 0.29) is 16.9 Å². The molecular weight excluding hydrogens is 503 g/mol. The van der Waals surface area contributed by atoms with Crippen LogP contribution in [0.4, 0.5) is 18.9 Å². The third-order valence-electron chi connectivity index (χ3n) is 7.78. The van der Waals surface area contributed by atoms with Gasteiger partial charge in [0.05, 0.1) is 17.6 Å². The molecule has 3 aliphatic rings. The topological polar surface area (TPSA) is 54.5 Å². The van der Waals surface area contributed by atoms with Gasteiger partial charge in [-0.25, -0.2) is 0 Å². The normalized spacial score (nSPS) is 23.3. The standard InChI is InChI=1S/C29H19ClF3NO3/c1-15(35)25-24(16-6-9-18(10-7-16)29(31,32)33)28(26(36)20-4-2-3-5-21(20)27(28)37)23-13-8-17-14-19(30)11-12-22(17)34(23)25/h2-14,23-25H,1H3/t23-,24-,25+/m1/s1. The van der Waals surface area contributed by atoms with Gasteiger partial charge in [0, 0.05) is 27.8 Å². The van der Waals surface area contributed by atoms with Crippen molar-refractivity contribution in [2.75, 3.05) is 4.90 Å². The van der Waals surface area contributed by atoms with Gasteiger partial charge in [0.15, 0.2) is 17.3 Å². The van der Waals surface area contributed by atoms with E-state index in [9.17, 15) is 27.6 Å². The van der Waals surface area contributed by atoms with Crippen molar-refractivity contribution in [3.8, 4) is 0 Å². The second kappa shape index (κ2) is 7.89. The zero-order valence-electron chi connectivity index (χ0n) is 19.4. The molecule has 186 valence electrons. The van der Waals surface area contributed by atoms with Crippen molar-refractivity contribution in [1.29, 1.82) is 0 Å². The molecule has 3 atom stereocenters. The lowest BCUT2D eigenvalue weighted by Crippen LogP contribution is -2.48. The van der Waals surface area contributed by atoms with Crippen LogP contribution in [0.25, 0.3) is 6.08 Å². The Kier molecular flexibility index (Phi) is 5.05. The highest BCUT2D eigenvalue weighted by atomic mass is 35.5. The van der Waals surface area contributed by atoms with E-state index >= 15 is 0 Å². The highest BCUT2D eigenvalue weighted by molar-refractivity contribution is 6.32. The van der Waals surface area contributed by atoms with Gasteiger partial charge >= 0.3 is 6.18 Å². The minimum Gasteiger partial charge on any atom is -0.352 e. The van der Waals surface area contributed by atoms with Crippen LogP contribution < -0.4 is 4.90 Å². The first-order chi connectivity index (χ1) is 17.6. The van der Waals surface area contributed by atoms with Gasteiger partial charge in [-0.1, -0.05) is 60.2 Å². The van der Waals surface area contributed by atoms with Crippen molar-refractivity contribution in [1.82, 2.24) is 0 Å². The molecule has 2 heterocycles. The lowest BCUT2D eigenvalue weighted by Gasteiger charge is -2.37. The Morgan fingerprint density at radius 2 is 1.57 bits per heavy atom. The van der Waals surface area contributed by atoms with Gasteiger partial charge in [-0.15, -0.1) is 0 Å². The molecule has 0 saturated carbocycles. The number of alkyl halides is 3. The van der Waals surface area contributed by atoms with Gasteiger partial charge in [0.25, 0.3) is 0 Å². The summed E-state index contributed by atoms with van der Waals surface area (Å²) in [5.74, 6) is -2.19. The van der Waals surface area contributed by atoms with Gasteiger partial charge in [0.2, 0.25) is 0 Å². The molecule has 2 aliphatic heterocycles. The van der Waals surface area contributed by atoms with Crippen molar-refractivity contribution in [3.05, 3.63) is 106 Å². The third kappa shape index (κ3) is 3.13. The van der Waals surface area contributed by atoms with Gasteiger partial charge < -0.3 is 4.90 Å². The van der Waals surface area contributed by atoms with E-state index in [0.29, 0.717) is 21.8 Å². The summed E-state index contributed by atoms with van der Waals surface area (Å²) in [6.07, 6.45) is -1.04. The summed E-state index contributed by atoms with van der Waals surface area (Å²) in [5.41, 5.74) is -0.411. The SMILES string of the molecule is CC(=O)[C@H]1[C@@H](c2ccc(C(F)(F)F)cc2)C2(C(=O)c3ccccc3C2=O)[C@H]2C=Cc3cc(Cl)ccc3N12. The molecule has 1 aliphatic carbocycles. The average Bonchev–Trinajstić information content (AvgIpc) is 3.30. The molecule has 6 rings (SSSR count). The van der Waals surface area contributed by atoms with Crippen LogP contribution in [0, 0.1) is 5.41 Å². The molecular formula is C29H19ClF3NO3. The summed E-state index contributed by atoms with van der Waals surface area (Å²) in [5, 5.41) is 0.481. The van der Waals surface area contributed by atoms with Crippen LogP contribution in [-0.4, -0.2) is 29.4 Å². The predicted octanol–water partition coefficient (Wildman–Crippen LogP) is 6.38. The summed E-state index contributed by atoms with van der Waals surface area (Å²) in [4.78, 5) is 43.6. The Morgan fingerprint density at radius 1 is 0.946 bits per heavy atom. The molecule has 0 aromatic heterocycles. The lowest BCUT2D eigenvalue weighted by molar-refractivity contribution is -0.137. The molecule has 1 spiro atoms. The maximum atomic E-state index is 14.2. The number of benzene rings is 3. The van der Waals surface area contributed by atoms with Crippen LogP contribution in [0.5, 0.6) is 0 Å². The smallest absolute Gasteiger partial charge is 0.352 e. The summed E-state index contributed by atoms with van der Waals surface area (Å²) < 4.78 is 40.0. The molecule has 3 aromatic carbocycles. The number of carbonyl (C=O) groups excluding carboxylic acids is 3. The number of halogens is 4. The van der Waals surface area contributed by atoms with E-state index < -0.39 is 46.7 Å². The molecule has 0 N–H and O–H groups in total. The zero-order chi connectivity index (χ0) is 26.3. The minimum atomic E-state index is -4.56. The fourth-order valence-corrected chi connectivity index (χ4v) is 6.53. The van der Waals surface area contributed by atoms with Crippen molar-refractivity contribution >= 4 is 40.7 Å². The zero-order valence-corrected chi connectivity index (χ0v) is 20.2. The summed E-state index contributed by atoms with van der Waals surface area (Å²) in [6, 6.07) is 14.2. The van der Waals surface area contributed by atoms with E-state index in [2.05, 4.69) is 0 Å². The number of anilines is 1. The molecule has 37 heavy (non-hydrogen) atoms. The predicted molar refractivity (Wildman–Crippen MR) is 133 cm³/mol. The first-order valence-electron chi connectivity index (χ1n) is 11.7. The van der Waals surface area contributed by atoms with Crippen molar-refractivity contribution in [3.63, 3.8) is 0 Å². The van der Waals surface area contributed by atoms with Crippen molar-refractivity contribution in [2.24, 2.45) is 5.41 Å². The Bertz CT molecular complexity index is 1490. The molecule has 1 fully saturated rings. The first-order valence-corrected chi connectivity index (χ1v) is 12.1. The van der Waals surface area contributed by atoms with Crippen LogP contribution in [0.1, 0.15) is 50.2 Å². The summed E-state index contributed by atoms with van der Waals surface area (Å²) >= 11 is 6.20. The fraction of sp³-hybridized carbons (Fsp3) is 0.207. The number of Topliss-reactive ketones (excluding diaryl/α,β-unsaturated/α-hetero) is 3. The van der Waals surface area contributed by atoms with Gasteiger partial charge in [0.1, 0.15) is 5.41 Å². The monoisotopic (exact) mass is 521 g/mol. The van der Waals surface area contributed by atoms with Gasteiger partial charge in [-0.3, -0.25) is 14.4 Å². The number of fused-ring (bicyclic) bond motifs is 5. The van der Waals surface area contributed by atoms with E-state index in [1.54, 1.807) is 59.5 Å². The number of ketones is 3. The lowest BCUT2D eigenvalue weighted by atomic mass is 9.64. The minimum absolute atomic E-state index is 0.254. The van der Waals surface area contributed by atoms with E-state index in [1.807, 2.05) is 0 Å². The van der Waals surface area contributed by atoms with Gasteiger partial charge in [-0.2, -0.15) is 13.2 Å². The number of nitrogens with zero attached hydrogens (tertiary/aromatic N) is 1. The van der Waals surface area contributed by atoms with Crippen LogP contribution >= 0.6 is 11.6 Å². The molecule has 4 nitrogen and oxygen atoms in total. The number of rotatable bonds is 2. The quantitative estimate of drug-likeness (QED) is 0.367. The molecule has 0 unspecified atom stereocenters. The highest BCUT2D eigenvalue weighted by Crippen LogP contribution is 2.60. The number of hydrogen-bond acceptors (Lipinski definition) is 4. The summed E-state index contributed by atoms with van der Waals surface area (Å²) in [6.45, 7) is 1.38. The van der Waals surface area contributed by atoms with Gasteiger partial charge in [-0.05, 0) is 48.4 Å². The number of hydrogen-bond donors (Lipinski definition) is 0. The van der Waals surface area contributed by atoms with Crippen LogP contribution in [-0.2, 0) is 11.0 Å². The van der Waals surface area contributed by atoms with E-state index in [4.69, 9.17) is 11.6 Å². The highest BCUT2D eigenvalue weighted by Gasteiger charge is 2.71. The Labute approximate surface area is 215 Å². The molecule has 0 bridgehead atoms. The second-order valence-electron chi connectivity index (χ2n) is 9.64. The Hall–Kier alpha value is -3.71.